The van der Waals surface area contributed by atoms with Gasteiger partial charge in [0.25, 0.3) is 0 Å². The van der Waals surface area contributed by atoms with E-state index in [0.717, 1.165) is 23.3 Å². The number of hydrogen-bond acceptors (Lipinski definition) is 2. The van der Waals surface area contributed by atoms with Crippen molar-refractivity contribution in [2.75, 3.05) is 11.9 Å². The van der Waals surface area contributed by atoms with Gasteiger partial charge in [-0.2, -0.15) is 0 Å². The lowest BCUT2D eigenvalue weighted by atomic mass is 10.1. The number of benzene rings is 2. The van der Waals surface area contributed by atoms with Crippen molar-refractivity contribution >= 4 is 11.6 Å². The molecule has 0 heterocycles. The summed E-state index contributed by atoms with van der Waals surface area (Å²) in [5.74, 6) is -4.76. The number of anilines is 1. The highest BCUT2D eigenvalue weighted by molar-refractivity contribution is 5.90. The van der Waals surface area contributed by atoms with Crippen molar-refractivity contribution in [3.63, 3.8) is 0 Å². The molecule has 3 nitrogen and oxygen atoms in total. The van der Waals surface area contributed by atoms with Crippen LogP contribution in [-0.4, -0.2) is 12.5 Å². The molecule has 0 saturated heterocycles. The van der Waals surface area contributed by atoms with Gasteiger partial charge in [-0.1, -0.05) is 24.3 Å². The normalized spacial score (nSPS) is 10.6. The van der Waals surface area contributed by atoms with Crippen molar-refractivity contribution < 1.29 is 18.0 Å². The highest BCUT2D eigenvalue weighted by Gasteiger charge is 2.14. The van der Waals surface area contributed by atoms with Crippen LogP contribution in [0.1, 0.15) is 17.5 Å². The van der Waals surface area contributed by atoms with Crippen LogP contribution in [0.15, 0.2) is 36.4 Å². The van der Waals surface area contributed by atoms with E-state index in [-0.39, 0.29) is 12.1 Å². The van der Waals surface area contributed by atoms with Gasteiger partial charge in [0.1, 0.15) is 0 Å². The summed E-state index contributed by atoms with van der Waals surface area (Å²) in [6.07, 6.45) is 0.0876. The lowest BCUT2D eigenvalue weighted by molar-refractivity contribution is -0.116. The molecule has 6 heteroatoms. The molecule has 0 atom stereocenters. The molecule has 0 fully saturated rings. The first kappa shape index (κ1) is 17.0. The second-order valence-corrected chi connectivity index (χ2v) is 5.12. The smallest absolute Gasteiger partial charge is 0.225 e. The number of nitrogens with one attached hydrogen (secondary N) is 2. The van der Waals surface area contributed by atoms with E-state index in [0.29, 0.717) is 13.1 Å². The van der Waals surface area contributed by atoms with Crippen LogP contribution < -0.4 is 10.6 Å². The molecule has 2 aromatic carbocycles. The van der Waals surface area contributed by atoms with E-state index in [1.807, 2.05) is 31.2 Å². The maximum atomic E-state index is 13.4. The van der Waals surface area contributed by atoms with E-state index in [1.54, 1.807) is 0 Å². The predicted octanol–water partition coefficient (Wildman–Crippen LogP) is 3.53. The summed E-state index contributed by atoms with van der Waals surface area (Å²) in [4.78, 5) is 11.7. The average molecular weight is 322 g/mol. The van der Waals surface area contributed by atoms with Gasteiger partial charge in [0.05, 0.1) is 5.69 Å². The molecule has 2 N–H and O–H groups in total. The first-order valence-corrected chi connectivity index (χ1v) is 7.17. The molecule has 0 aromatic heterocycles. The Morgan fingerprint density at radius 3 is 2.52 bits per heavy atom. The number of hydrogen-bond donors (Lipinski definition) is 2. The van der Waals surface area contributed by atoms with Crippen molar-refractivity contribution in [3.8, 4) is 0 Å². The summed E-state index contributed by atoms with van der Waals surface area (Å²) in [5.41, 5.74) is 1.90. The SMILES string of the molecule is Cc1ccccc1CNCCC(=O)Nc1ccc(F)c(F)c1F. The molecule has 0 aliphatic rings. The molecule has 0 saturated carbocycles. The maximum Gasteiger partial charge on any atom is 0.225 e. The van der Waals surface area contributed by atoms with Crippen LogP contribution in [0.5, 0.6) is 0 Å². The lowest BCUT2D eigenvalue weighted by Gasteiger charge is -2.09. The molecule has 122 valence electrons. The fourth-order valence-corrected chi connectivity index (χ4v) is 2.07. The Hall–Kier alpha value is -2.34. The largest absolute Gasteiger partial charge is 0.323 e. The van der Waals surface area contributed by atoms with Gasteiger partial charge in [0, 0.05) is 19.5 Å². The summed E-state index contributed by atoms with van der Waals surface area (Å²) in [6.45, 7) is 2.99. The summed E-state index contributed by atoms with van der Waals surface area (Å²) in [6, 6.07) is 9.62. The highest BCUT2D eigenvalue weighted by Crippen LogP contribution is 2.19. The van der Waals surface area contributed by atoms with Gasteiger partial charge < -0.3 is 10.6 Å². The van der Waals surface area contributed by atoms with Crippen LogP contribution in [0.2, 0.25) is 0 Å². The maximum absolute atomic E-state index is 13.4. The average Bonchev–Trinajstić information content (AvgIpc) is 2.54. The zero-order chi connectivity index (χ0) is 16.8. The zero-order valence-corrected chi connectivity index (χ0v) is 12.6. The molecule has 0 aliphatic heterocycles. The van der Waals surface area contributed by atoms with Gasteiger partial charge in [0.2, 0.25) is 5.91 Å². The second kappa shape index (κ2) is 7.78. The van der Waals surface area contributed by atoms with Gasteiger partial charge in [-0.25, -0.2) is 13.2 Å². The molecule has 0 radical (unpaired) electrons. The van der Waals surface area contributed by atoms with Crippen LogP contribution in [0.25, 0.3) is 0 Å². The van der Waals surface area contributed by atoms with E-state index in [2.05, 4.69) is 10.6 Å². The van der Waals surface area contributed by atoms with Crippen molar-refractivity contribution in [2.24, 2.45) is 0 Å². The van der Waals surface area contributed by atoms with Crippen molar-refractivity contribution in [1.82, 2.24) is 5.32 Å². The number of carbonyl (C=O) groups excluding carboxylic acids is 1. The van der Waals surface area contributed by atoms with Crippen LogP contribution in [0.4, 0.5) is 18.9 Å². The minimum atomic E-state index is -1.60. The van der Waals surface area contributed by atoms with Gasteiger partial charge in [-0.05, 0) is 30.2 Å². The fourth-order valence-electron chi connectivity index (χ4n) is 2.07. The number of carbonyl (C=O) groups is 1. The lowest BCUT2D eigenvalue weighted by Crippen LogP contribution is -2.22. The molecule has 2 aromatic rings. The van der Waals surface area contributed by atoms with Crippen molar-refractivity contribution in [2.45, 2.75) is 19.9 Å². The van der Waals surface area contributed by atoms with Crippen LogP contribution in [-0.2, 0) is 11.3 Å². The summed E-state index contributed by atoms with van der Waals surface area (Å²) < 4.78 is 39.3. The Morgan fingerprint density at radius 1 is 1.04 bits per heavy atom. The quantitative estimate of drug-likeness (QED) is 0.631. The third-order valence-corrected chi connectivity index (χ3v) is 3.41. The van der Waals surface area contributed by atoms with E-state index in [4.69, 9.17) is 0 Å². The summed E-state index contributed by atoms with van der Waals surface area (Å²) in [7, 11) is 0. The molecule has 1 amide bonds. The van der Waals surface area contributed by atoms with Crippen LogP contribution in [0, 0.1) is 24.4 Å². The second-order valence-electron chi connectivity index (χ2n) is 5.12. The Balaban J connectivity index is 1.80. The zero-order valence-electron chi connectivity index (χ0n) is 12.6. The number of halogens is 3. The van der Waals surface area contributed by atoms with Crippen molar-refractivity contribution in [1.29, 1.82) is 0 Å². The molecule has 0 unspecified atom stereocenters. The molecule has 23 heavy (non-hydrogen) atoms. The van der Waals surface area contributed by atoms with Crippen LogP contribution in [0.3, 0.4) is 0 Å². The number of rotatable bonds is 6. The Morgan fingerprint density at radius 2 is 1.78 bits per heavy atom. The number of aryl methyl sites for hydroxylation is 1. The third-order valence-electron chi connectivity index (χ3n) is 3.41. The molecule has 0 bridgehead atoms. The van der Waals surface area contributed by atoms with E-state index < -0.39 is 23.4 Å². The fraction of sp³-hybridized carbons (Fsp3) is 0.235. The van der Waals surface area contributed by atoms with E-state index in [1.165, 1.54) is 0 Å². The van der Waals surface area contributed by atoms with Gasteiger partial charge >= 0.3 is 0 Å². The topological polar surface area (TPSA) is 41.1 Å². The minimum absolute atomic E-state index is 0.0876. The first-order chi connectivity index (χ1) is 11.0. The molecule has 0 spiro atoms. The Labute approximate surface area is 132 Å². The summed E-state index contributed by atoms with van der Waals surface area (Å²) >= 11 is 0. The monoisotopic (exact) mass is 322 g/mol. The van der Waals surface area contributed by atoms with Gasteiger partial charge in [0.15, 0.2) is 17.5 Å². The summed E-state index contributed by atoms with van der Waals surface area (Å²) in [5, 5.41) is 5.33. The molecule has 2 rings (SSSR count). The van der Waals surface area contributed by atoms with E-state index >= 15 is 0 Å². The van der Waals surface area contributed by atoms with Gasteiger partial charge in [-0.15, -0.1) is 0 Å². The Kier molecular flexibility index (Phi) is 5.76. The molecule has 0 aliphatic carbocycles. The minimum Gasteiger partial charge on any atom is -0.323 e. The predicted molar refractivity (Wildman–Crippen MR) is 82.4 cm³/mol. The van der Waals surface area contributed by atoms with Crippen LogP contribution >= 0.6 is 0 Å². The molecular weight excluding hydrogens is 305 g/mol. The first-order valence-electron chi connectivity index (χ1n) is 7.17. The number of amides is 1. The van der Waals surface area contributed by atoms with Gasteiger partial charge in [-0.3, -0.25) is 4.79 Å². The Bertz CT molecular complexity index is 704. The highest BCUT2D eigenvalue weighted by atomic mass is 19.2. The molecular formula is C17H17F3N2O. The van der Waals surface area contributed by atoms with Crippen molar-refractivity contribution in [3.05, 3.63) is 65.0 Å². The third kappa shape index (κ3) is 4.56. The van der Waals surface area contributed by atoms with E-state index in [9.17, 15) is 18.0 Å². The standard InChI is InChI=1S/C17H17F3N2O/c1-11-4-2-3-5-12(11)10-21-9-8-15(23)22-14-7-6-13(18)16(19)17(14)20/h2-7,21H,8-10H2,1H3,(H,22,23).